The minimum absolute atomic E-state index is 0.145. The number of hydrogen-bond donors (Lipinski definition) is 0. The highest BCUT2D eigenvalue weighted by Crippen LogP contribution is 2.48. The summed E-state index contributed by atoms with van der Waals surface area (Å²) in [5, 5.41) is 9.24. The van der Waals surface area contributed by atoms with Crippen molar-refractivity contribution < 1.29 is 22.7 Å². The standard InChI is InChI=1S/C24H22F3N5O2/c1-22(13-31-15-30-18-5-3-16(10-28)9-19(18)31)7-2-8-23(12-22)14-32(21(33)34-23)20-6-4-17(11-29-20)24(25,26)27/h3-6,9,11,15H,2,7-8,12-14H2,1H3/t22-,23-/m0/s1. The first-order valence-electron chi connectivity index (χ1n) is 11.0. The van der Waals surface area contributed by atoms with Crippen LogP contribution in [0.2, 0.25) is 0 Å². The quantitative estimate of drug-likeness (QED) is 0.520. The Balaban J connectivity index is 1.36. The molecule has 1 saturated carbocycles. The number of nitriles is 1. The van der Waals surface area contributed by atoms with Gasteiger partial charge in [-0.2, -0.15) is 18.4 Å². The molecule has 3 aromatic rings. The minimum Gasteiger partial charge on any atom is -0.441 e. The maximum Gasteiger partial charge on any atom is 0.417 e. The van der Waals surface area contributed by atoms with E-state index >= 15 is 0 Å². The monoisotopic (exact) mass is 469 g/mol. The van der Waals surface area contributed by atoms with Gasteiger partial charge in [-0.1, -0.05) is 6.92 Å². The summed E-state index contributed by atoms with van der Waals surface area (Å²) in [6.07, 6.45) is 0.444. The fourth-order valence-corrected chi connectivity index (χ4v) is 5.33. The maximum atomic E-state index is 12.9. The number of hydrogen-bond acceptors (Lipinski definition) is 5. The van der Waals surface area contributed by atoms with E-state index in [1.165, 1.54) is 11.0 Å². The summed E-state index contributed by atoms with van der Waals surface area (Å²) in [6.45, 7) is 3.01. The highest BCUT2D eigenvalue weighted by Gasteiger charge is 2.52. The van der Waals surface area contributed by atoms with Crippen LogP contribution in [-0.4, -0.2) is 32.8 Å². The SMILES string of the molecule is C[C@]1(Cn2cnc3ccc(C#N)cc32)CCC[C@@]2(CN(c3ccc(C(F)(F)F)cn3)C(=O)O2)C1. The molecular weight excluding hydrogens is 447 g/mol. The Morgan fingerprint density at radius 3 is 2.74 bits per heavy atom. The third-order valence-corrected chi connectivity index (χ3v) is 6.79. The summed E-state index contributed by atoms with van der Waals surface area (Å²) < 4.78 is 46.5. The predicted molar refractivity (Wildman–Crippen MR) is 117 cm³/mol. The number of carbonyl (C=O) groups excluding carboxylic acids is 1. The molecule has 10 heteroatoms. The molecule has 1 saturated heterocycles. The van der Waals surface area contributed by atoms with E-state index in [4.69, 9.17) is 4.74 Å². The van der Waals surface area contributed by atoms with E-state index in [1.54, 1.807) is 12.4 Å². The number of aromatic nitrogens is 3. The van der Waals surface area contributed by atoms with E-state index in [0.29, 0.717) is 24.9 Å². The summed E-state index contributed by atoms with van der Waals surface area (Å²) in [5.74, 6) is 0.145. The third-order valence-electron chi connectivity index (χ3n) is 6.79. The molecule has 2 aliphatic rings. The molecule has 7 nitrogen and oxygen atoms in total. The zero-order valence-corrected chi connectivity index (χ0v) is 18.5. The molecule has 1 aliphatic heterocycles. The number of benzene rings is 1. The van der Waals surface area contributed by atoms with E-state index in [9.17, 15) is 23.2 Å². The number of ether oxygens (including phenoxy) is 1. The van der Waals surface area contributed by atoms with Crippen LogP contribution in [0.3, 0.4) is 0 Å². The van der Waals surface area contributed by atoms with Crippen LogP contribution in [-0.2, 0) is 17.5 Å². The van der Waals surface area contributed by atoms with Crippen LogP contribution in [0.15, 0.2) is 42.9 Å². The number of alkyl halides is 3. The number of halogens is 3. The first kappa shape index (κ1) is 22.2. The van der Waals surface area contributed by atoms with Gasteiger partial charge >= 0.3 is 12.3 Å². The molecule has 0 unspecified atom stereocenters. The van der Waals surface area contributed by atoms with Crippen LogP contribution in [0.5, 0.6) is 0 Å². The molecule has 1 spiro atoms. The number of anilines is 1. The lowest BCUT2D eigenvalue weighted by atomic mass is 9.68. The van der Waals surface area contributed by atoms with Crippen molar-refractivity contribution in [3.63, 3.8) is 0 Å². The van der Waals surface area contributed by atoms with Crippen molar-refractivity contribution in [3.05, 3.63) is 54.0 Å². The largest absolute Gasteiger partial charge is 0.441 e. The summed E-state index contributed by atoms with van der Waals surface area (Å²) in [7, 11) is 0. The minimum atomic E-state index is -4.49. The van der Waals surface area contributed by atoms with Gasteiger partial charge in [-0.05, 0) is 61.4 Å². The average molecular weight is 469 g/mol. The van der Waals surface area contributed by atoms with Gasteiger partial charge in [0, 0.05) is 12.7 Å². The zero-order valence-electron chi connectivity index (χ0n) is 18.5. The number of imidazole rings is 1. The van der Waals surface area contributed by atoms with Crippen LogP contribution in [0.25, 0.3) is 11.0 Å². The molecule has 0 N–H and O–H groups in total. The van der Waals surface area contributed by atoms with Gasteiger partial charge in [-0.25, -0.2) is 14.8 Å². The van der Waals surface area contributed by atoms with Crippen LogP contribution in [0, 0.1) is 16.7 Å². The van der Waals surface area contributed by atoms with Crippen LogP contribution in [0.4, 0.5) is 23.8 Å². The van der Waals surface area contributed by atoms with Crippen molar-refractivity contribution in [1.29, 1.82) is 5.26 Å². The van der Waals surface area contributed by atoms with E-state index in [1.807, 2.05) is 16.7 Å². The number of fused-ring (bicyclic) bond motifs is 1. The summed E-state index contributed by atoms with van der Waals surface area (Å²) in [4.78, 5) is 22.3. The molecule has 0 bridgehead atoms. The van der Waals surface area contributed by atoms with Gasteiger partial charge in [-0.15, -0.1) is 0 Å². The average Bonchev–Trinajstić information content (AvgIpc) is 3.32. The summed E-state index contributed by atoms with van der Waals surface area (Å²) in [5.41, 5.74) is 0.430. The molecule has 2 atom stereocenters. The second kappa shape index (κ2) is 7.72. The Labute approximate surface area is 193 Å². The second-order valence-electron chi connectivity index (χ2n) is 9.57. The first-order valence-corrected chi connectivity index (χ1v) is 11.0. The third kappa shape index (κ3) is 3.95. The number of pyridine rings is 1. The van der Waals surface area contributed by atoms with Gasteiger partial charge in [-0.3, -0.25) is 4.90 Å². The lowest BCUT2D eigenvalue weighted by molar-refractivity contribution is -0.137. The van der Waals surface area contributed by atoms with Gasteiger partial charge in [0.2, 0.25) is 0 Å². The Morgan fingerprint density at radius 1 is 1.21 bits per heavy atom. The second-order valence-corrected chi connectivity index (χ2v) is 9.57. The fourth-order valence-electron chi connectivity index (χ4n) is 5.33. The van der Waals surface area contributed by atoms with Crippen molar-refractivity contribution in [1.82, 2.24) is 14.5 Å². The maximum absolute atomic E-state index is 12.9. The molecular formula is C24H22F3N5O2. The molecule has 2 aromatic heterocycles. The van der Waals surface area contributed by atoms with Crippen molar-refractivity contribution in [3.8, 4) is 6.07 Å². The van der Waals surface area contributed by atoms with Crippen molar-refractivity contribution in [2.75, 3.05) is 11.4 Å². The van der Waals surface area contributed by atoms with E-state index in [2.05, 4.69) is 23.0 Å². The van der Waals surface area contributed by atoms with Crippen molar-refractivity contribution in [2.45, 2.75) is 50.9 Å². The highest BCUT2D eigenvalue weighted by molar-refractivity contribution is 5.89. The molecule has 0 radical (unpaired) electrons. The smallest absolute Gasteiger partial charge is 0.417 e. The van der Waals surface area contributed by atoms with Crippen LogP contribution >= 0.6 is 0 Å². The van der Waals surface area contributed by atoms with Crippen molar-refractivity contribution in [2.24, 2.45) is 5.41 Å². The molecule has 34 heavy (non-hydrogen) atoms. The van der Waals surface area contributed by atoms with E-state index < -0.39 is 23.4 Å². The van der Waals surface area contributed by atoms with Gasteiger partial charge in [0.05, 0.1) is 41.1 Å². The number of amides is 1. The molecule has 1 aromatic carbocycles. The molecule has 5 rings (SSSR count). The topological polar surface area (TPSA) is 84.0 Å². The Morgan fingerprint density at radius 2 is 2.03 bits per heavy atom. The highest BCUT2D eigenvalue weighted by atomic mass is 19.4. The lowest BCUT2D eigenvalue weighted by Gasteiger charge is -2.43. The number of nitrogens with zero attached hydrogens (tertiary/aromatic N) is 5. The Kier molecular flexibility index (Phi) is 5.04. The predicted octanol–water partition coefficient (Wildman–Crippen LogP) is 5.30. The molecule has 3 heterocycles. The molecule has 1 amide bonds. The van der Waals surface area contributed by atoms with Gasteiger partial charge < -0.3 is 9.30 Å². The molecule has 176 valence electrons. The summed E-state index contributed by atoms with van der Waals surface area (Å²) >= 11 is 0. The number of carbonyl (C=O) groups is 1. The van der Waals surface area contributed by atoms with Gasteiger partial charge in [0.25, 0.3) is 0 Å². The fraction of sp³-hybridized carbons (Fsp3) is 0.417. The number of rotatable bonds is 3. The van der Waals surface area contributed by atoms with Gasteiger partial charge in [0.15, 0.2) is 0 Å². The summed E-state index contributed by atoms with van der Waals surface area (Å²) in [6, 6.07) is 9.65. The van der Waals surface area contributed by atoms with Gasteiger partial charge in [0.1, 0.15) is 11.4 Å². The zero-order chi connectivity index (χ0) is 24.1. The normalized spacial score (nSPS) is 25.0. The Bertz CT molecular complexity index is 1300. The first-order chi connectivity index (χ1) is 16.1. The van der Waals surface area contributed by atoms with E-state index in [-0.39, 0.29) is 17.8 Å². The molecule has 1 aliphatic carbocycles. The Hall–Kier alpha value is -3.61. The lowest BCUT2D eigenvalue weighted by Crippen LogP contribution is -2.45. The van der Waals surface area contributed by atoms with Crippen LogP contribution < -0.4 is 4.90 Å². The van der Waals surface area contributed by atoms with E-state index in [0.717, 1.165) is 36.1 Å². The van der Waals surface area contributed by atoms with Crippen molar-refractivity contribution >= 4 is 22.9 Å². The molecule has 2 fully saturated rings. The van der Waals surface area contributed by atoms with Crippen LogP contribution in [0.1, 0.15) is 43.7 Å².